The van der Waals surface area contributed by atoms with Crippen LogP contribution in [0.1, 0.15) is 40.2 Å². The standard InChI is InChI=1S/C31H38ClN3O5S2/c1-7-40-26-14-12-25(13-15-26)35(42(38,39)28-18-16-27(41-6)17-19-28)21-29(36)34(20-23-8-10-24(32)11-9-23)22(2)30(37)33-31(3,4)5/h8-19,22H,7,20-21H2,1-6H3,(H,33,37). The summed E-state index contributed by atoms with van der Waals surface area (Å²) in [5, 5.41) is 3.45. The highest BCUT2D eigenvalue weighted by Crippen LogP contribution is 2.28. The number of nitrogens with one attached hydrogen (secondary N) is 1. The Morgan fingerprint density at radius 3 is 2.10 bits per heavy atom. The minimum atomic E-state index is -4.17. The fourth-order valence-corrected chi connectivity index (χ4v) is 6.07. The number of hydrogen-bond acceptors (Lipinski definition) is 6. The van der Waals surface area contributed by atoms with Crippen molar-refractivity contribution < 1.29 is 22.7 Å². The summed E-state index contributed by atoms with van der Waals surface area (Å²) in [6.07, 6.45) is 1.90. The molecule has 0 saturated heterocycles. The molecule has 0 spiro atoms. The molecule has 42 heavy (non-hydrogen) atoms. The molecule has 0 saturated carbocycles. The molecule has 11 heteroatoms. The van der Waals surface area contributed by atoms with Gasteiger partial charge in [0.15, 0.2) is 0 Å². The average Bonchev–Trinajstić information content (AvgIpc) is 2.95. The van der Waals surface area contributed by atoms with Crippen molar-refractivity contribution in [1.82, 2.24) is 10.2 Å². The van der Waals surface area contributed by atoms with E-state index in [4.69, 9.17) is 16.3 Å². The van der Waals surface area contributed by atoms with Crippen LogP contribution in [0.25, 0.3) is 0 Å². The van der Waals surface area contributed by atoms with Gasteiger partial charge in [0.2, 0.25) is 11.8 Å². The van der Waals surface area contributed by atoms with Gasteiger partial charge in [-0.15, -0.1) is 11.8 Å². The summed E-state index contributed by atoms with van der Waals surface area (Å²) >= 11 is 7.56. The van der Waals surface area contributed by atoms with Crippen LogP contribution in [-0.2, 0) is 26.2 Å². The minimum absolute atomic E-state index is 0.0461. The highest BCUT2D eigenvalue weighted by atomic mass is 35.5. The topological polar surface area (TPSA) is 96.0 Å². The van der Waals surface area contributed by atoms with E-state index in [9.17, 15) is 18.0 Å². The minimum Gasteiger partial charge on any atom is -0.494 e. The van der Waals surface area contributed by atoms with E-state index in [1.165, 1.54) is 28.8 Å². The van der Waals surface area contributed by atoms with E-state index in [0.29, 0.717) is 23.1 Å². The molecule has 0 aliphatic carbocycles. The maximum absolute atomic E-state index is 14.0. The van der Waals surface area contributed by atoms with Gasteiger partial charge in [0.1, 0.15) is 18.3 Å². The van der Waals surface area contributed by atoms with Gasteiger partial charge in [-0.1, -0.05) is 23.7 Å². The van der Waals surface area contributed by atoms with E-state index in [0.717, 1.165) is 14.8 Å². The molecular weight excluding hydrogens is 594 g/mol. The molecule has 3 aromatic rings. The van der Waals surface area contributed by atoms with Gasteiger partial charge >= 0.3 is 0 Å². The molecule has 0 aliphatic heterocycles. The van der Waals surface area contributed by atoms with Crippen LogP contribution in [0, 0.1) is 0 Å². The third kappa shape index (κ3) is 8.89. The zero-order valence-electron chi connectivity index (χ0n) is 24.8. The predicted octanol–water partition coefficient (Wildman–Crippen LogP) is 5.99. The number of rotatable bonds is 12. The molecule has 1 N–H and O–H groups in total. The van der Waals surface area contributed by atoms with E-state index in [-0.39, 0.29) is 17.3 Å². The van der Waals surface area contributed by atoms with Crippen LogP contribution < -0.4 is 14.4 Å². The Balaban J connectivity index is 2.04. The van der Waals surface area contributed by atoms with Gasteiger partial charge in [-0.2, -0.15) is 0 Å². The number of halogens is 1. The quantitative estimate of drug-likeness (QED) is 0.247. The molecule has 3 aromatic carbocycles. The first-order chi connectivity index (χ1) is 19.7. The summed E-state index contributed by atoms with van der Waals surface area (Å²) in [5.74, 6) is -0.321. The summed E-state index contributed by atoms with van der Waals surface area (Å²) in [5.41, 5.74) is 0.506. The Hall–Kier alpha value is -3.21. The van der Waals surface area contributed by atoms with Crippen molar-refractivity contribution in [3.63, 3.8) is 0 Å². The van der Waals surface area contributed by atoms with Gasteiger partial charge in [0, 0.05) is 22.0 Å². The molecule has 8 nitrogen and oxygen atoms in total. The Morgan fingerprint density at radius 2 is 1.57 bits per heavy atom. The zero-order chi connectivity index (χ0) is 31.1. The summed E-state index contributed by atoms with van der Waals surface area (Å²) in [4.78, 5) is 29.6. The number of nitrogens with zero attached hydrogens (tertiary/aromatic N) is 2. The summed E-state index contributed by atoms with van der Waals surface area (Å²) < 4.78 is 34.6. The van der Waals surface area contributed by atoms with Crippen molar-refractivity contribution in [2.75, 3.05) is 23.7 Å². The Kier molecular flexibility index (Phi) is 11.3. The van der Waals surface area contributed by atoms with Gasteiger partial charge < -0.3 is 15.0 Å². The normalized spacial score (nSPS) is 12.4. The smallest absolute Gasteiger partial charge is 0.264 e. The number of thioether (sulfide) groups is 1. The molecule has 0 aromatic heterocycles. The largest absolute Gasteiger partial charge is 0.494 e. The molecule has 1 unspecified atom stereocenters. The molecule has 1 atom stereocenters. The molecule has 0 fully saturated rings. The number of carbonyl (C=O) groups excluding carboxylic acids is 2. The van der Waals surface area contributed by atoms with Crippen molar-refractivity contribution in [3.8, 4) is 5.75 Å². The Morgan fingerprint density at radius 1 is 0.976 bits per heavy atom. The highest BCUT2D eigenvalue weighted by molar-refractivity contribution is 7.98. The van der Waals surface area contributed by atoms with Gasteiger partial charge in [0.25, 0.3) is 10.0 Å². The lowest BCUT2D eigenvalue weighted by atomic mass is 10.1. The van der Waals surface area contributed by atoms with Crippen molar-refractivity contribution in [3.05, 3.63) is 83.4 Å². The first-order valence-corrected chi connectivity index (χ1v) is 16.5. The molecule has 0 aliphatic rings. The van der Waals surface area contributed by atoms with Crippen molar-refractivity contribution in [2.45, 2.75) is 62.5 Å². The van der Waals surface area contributed by atoms with E-state index >= 15 is 0 Å². The van der Waals surface area contributed by atoms with Crippen molar-refractivity contribution >= 4 is 50.9 Å². The second-order valence-corrected chi connectivity index (χ2v) is 13.9. The lowest BCUT2D eigenvalue weighted by Crippen LogP contribution is -2.54. The van der Waals surface area contributed by atoms with Gasteiger partial charge in [-0.05, 0) is 107 Å². The van der Waals surface area contributed by atoms with Gasteiger partial charge in [-0.25, -0.2) is 8.42 Å². The van der Waals surface area contributed by atoms with Crippen LogP contribution in [-0.4, -0.2) is 56.1 Å². The summed E-state index contributed by atoms with van der Waals surface area (Å²) in [6.45, 7) is 9.05. The van der Waals surface area contributed by atoms with E-state index in [1.54, 1.807) is 67.6 Å². The van der Waals surface area contributed by atoms with Gasteiger partial charge in [0.05, 0.1) is 17.2 Å². The SMILES string of the molecule is CCOc1ccc(N(CC(=O)N(Cc2ccc(Cl)cc2)C(C)C(=O)NC(C)(C)C)S(=O)(=O)c2ccc(SC)cc2)cc1. The molecule has 0 radical (unpaired) electrons. The van der Waals surface area contributed by atoms with Crippen LogP contribution in [0.5, 0.6) is 5.75 Å². The van der Waals surface area contributed by atoms with Crippen molar-refractivity contribution in [1.29, 1.82) is 0 Å². The van der Waals surface area contributed by atoms with E-state index in [1.807, 2.05) is 34.0 Å². The molecule has 0 bridgehead atoms. The van der Waals surface area contributed by atoms with E-state index < -0.39 is 34.1 Å². The van der Waals surface area contributed by atoms with Gasteiger partial charge in [-0.3, -0.25) is 13.9 Å². The van der Waals surface area contributed by atoms with E-state index in [2.05, 4.69) is 5.32 Å². The number of hydrogen-bond donors (Lipinski definition) is 1. The molecule has 2 amide bonds. The fraction of sp³-hybridized carbons (Fsp3) is 0.355. The first-order valence-electron chi connectivity index (χ1n) is 13.5. The maximum Gasteiger partial charge on any atom is 0.264 e. The first kappa shape index (κ1) is 33.3. The molecule has 226 valence electrons. The monoisotopic (exact) mass is 631 g/mol. The van der Waals surface area contributed by atoms with Crippen LogP contribution in [0.15, 0.2) is 82.6 Å². The van der Waals surface area contributed by atoms with Crippen LogP contribution in [0.3, 0.4) is 0 Å². The Labute approximate surface area is 258 Å². The lowest BCUT2D eigenvalue weighted by Gasteiger charge is -2.33. The average molecular weight is 632 g/mol. The number of sulfonamides is 1. The second-order valence-electron chi connectivity index (χ2n) is 10.7. The third-order valence-corrected chi connectivity index (χ3v) is 9.08. The summed E-state index contributed by atoms with van der Waals surface area (Å²) in [7, 11) is -4.17. The third-order valence-electron chi connectivity index (χ3n) is 6.29. The highest BCUT2D eigenvalue weighted by Gasteiger charge is 2.33. The summed E-state index contributed by atoms with van der Waals surface area (Å²) in [6, 6.07) is 19.1. The predicted molar refractivity (Wildman–Crippen MR) is 170 cm³/mol. The number of carbonyl (C=O) groups is 2. The maximum atomic E-state index is 14.0. The molecule has 3 rings (SSSR count). The Bertz CT molecular complexity index is 1460. The lowest BCUT2D eigenvalue weighted by molar-refractivity contribution is -0.140. The second kappa shape index (κ2) is 14.3. The number of amides is 2. The molecule has 0 heterocycles. The van der Waals surface area contributed by atoms with Crippen LogP contribution in [0.2, 0.25) is 5.02 Å². The number of anilines is 1. The number of benzene rings is 3. The number of ether oxygens (including phenoxy) is 1. The van der Waals surface area contributed by atoms with Crippen LogP contribution in [0.4, 0.5) is 5.69 Å². The molecular formula is C31H38ClN3O5S2. The van der Waals surface area contributed by atoms with Crippen molar-refractivity contribution in [2.24, 2.45) is 0 Å². The van der Waals surface area contributed by atoms with Crippen LogP contribution >= 0.6 is 23.4 Å². The fourth-order valence-electron chi connectivity index (χ4n) is 4.12. The zero-order valence-corrected chi connectivity index (χ0v) is 27.1.